The number of hydrogen-bond donors (Lipinski definition) is 2. The first-order chi connectivity index (χ1) is 15.7. The van der Waals surface area contributed by atoms with Gasteiger partial charge in [-0.1, -0.05) is 29.8 Å². The number of anilines is 1. The number of nitrogens with one attached hydrogen (secondary N) is 2. The fourth-order valence-corrected chi connectivity index (χ4v) is 3.07. The normalized spacial score (nSPS) is 11.0. The van der Waals surface area contributed by atoms with Gasteiger partial charge < -0.3 is 10.1 Å². The van der Waals surface area contributed by atoms with E-state index in [2.05, 4.69) is 15.8 Å². The van der Waals surface area contributed by atoms with E-state index in [-0.39, 0.29) is 0 Å². The maximum atomic E-state index is 12.2. The Kier molecular flexibility index (Phi) is 7.58. The fraction of sp³-hybridized carbons (Fsp3) is 0.120. The molecule has 3 aromatic carbocycles. The molecule has 0 unspecified atom stereocenters. The van der Waals surface area contributed by atoms with E-state index < -0.39 is 17.8 Å². The Bertz CT molecular complexity index is 1200. The van der Waals surface area contributed by atoms with E-state index in [0.29, 0.717) is 33.3 Å². The second kappa shape index (κ2) is 10.6. The third kappa shape index (κ3) is 6.27. The molecule has 0 aliphatic carbocycles. The van der Waals surface area contributed by atoms with Gasteiger partial charge in [0.15, 0.2) is 0 Å². The fourth-order valence-electron chi connectivity index (χ4n) is 2.95. The van der Waals surface area contributed by atoms with E-state index in [1.54, 1.807) is 55.5 Å². The van der Waals surface area contributed by atoms with E-state index in [9.17, 15) is 14.4 Å². The van der Waals surface area contributed by atoms with Gasteiger partial charge in [0.2, 0.25) is 0 Å². The number of carbonyl (C=O) groups excluding carboxylic acids is 3. The Morgan fingerprint density at radius 2 is 1.39 bits per heavy atom. The van der Waals surface area contributed by atoms with Crippen molar-refractivity contribution in [3.05, 3.63) is 94.0 Å². The smallest absolute Gasteiger partial charge is 0.343 e. The van der Waals surface area contributed by atoms with Crippen LogP contribution in [0.4, 0.5) is 5.69 Å². The van der Waals surface area contributed by atoms with E-state index in [1.807, 2.05) is 32.0 Å². The van der Waals surface area contributed by atoms with Gasteiger partial charge in [-0.2, -0.15) is 5.10 Å². The van der Waals surface area contributed by atoms with Crippen LogP contribution in [0.1, 0.15) is 34.0 Å². The highest BCUT2D eigenvalue weighted by molar-refractivity contribution is 6.39. The van der Waals surface area contributed by atoms with Crippen LogP contribution in [0.5, 0.6) is 5.75 Å². The lowest BCUT2D eigenvalue weighted by atomic mass is 10.1. The van der Waals surface area contributed by atoms with Gasteiger partial charge in [-0.05, 0) is 86.0 Å². The highest BCUT2D eigenvalue weighted by Gasteiger charge is 2.15. The molecule has 0 atom stereocenters. The van der Waals surface area contributed by atoms with Crippen molar-refractivity contribution in [1.82, 2.24) is 5.43 Å². The van der Waals surface area contributed by atoms with Gasteiger partial charge in [-0.15, -0.1) is 0 Å². The van der Waals surface area contributed by atoms with E-state index in [4.69, 9.17) is 16.3 Å². The molecule has 0 saturated heterocycles. The molecule has 7 nitrogen and oxygen atoms in total. The van der Waals surface area contributed by atoms with Crippen LogP contribution in [-0.4, -0.2) is 23.5 Å². The molecule has 3 aromatic rings. The monoisotopic (exact) mass is 463 g/mol. The van der Waals surface area contributed by atoms with Gasteiger partial charge in [-0.3, -0.25) is 9.59 Å². The topological polar surface area (TPSA) is 96.9 Å². The summed E-state index contributed by atoms with van der Waals surface area (Å²) in [5.41, 5.74) is 6.09. The lowest BCUT2D eigenvalue weighted by Crippen LogP contribution is -2.33. The van der Waals surface area contributed by atoms with E-state index in [1.165, 1.54) is 0 Å². The third-order valence-corrected chi connectivity index (χ3v) is 5.07. The summed E-state index contributed by atoms with van der Waals surface area (Å²) >= 11 is 5.82. The molecule has 0 spiro atoms. The van der Waals surface area contributed by atoms with Crippen molar-refractivity contribution in [1.29, 1.82) is 0 Å². The Balaban J connectivity index is 1.59. The molecule has 0 fully saturated rings. The number of para-hydroxylation sites is 1. The van der Waals surface area contributed by atoms with Gasteiger partial charge in [0.1, 0.15) is 5.75 Å². The van der Waals surface area contributed by atoms with E-state index in [0.717, 1.165) is 11.1 Å². The zero-order valence-corrected chi connectivity index (χ0v) is 19.1. The summed E-state index contributed by atoms with van der Waals surface area (Å²) in [7, 11) is 0. The molecule has 2 N–H and O–H groups in total. The largest absolute Gasteiger partial charge is 0.423 e. The average Bonchev–Trinajstić information content (AvgIpc) is 2.80. The molecule has 8 heteroatoms. The average molecular weight is 464 g/mol. The maximum absolute atomic E-state index is 12.2. The standard InChI is InChI=1S/C25H22ClN3O4/c1-15-5-4-6-16(2)22(15)27-23(30)24(31)29-28-17(3)18-9-13-21(14-10-18)33-25(32)19-7-11-20(26)12-8-19/h4-14H,1-3H3,(H,27,30)(H,29,31)/b28-17+. The molecule has 0 bridgehead atoms. The first-order valence-corrected chi connectivity index (χ1v) is 10.4. The van der Waals surface area contributed by atoms with Crippen molar-refractivity contribution in [2.75, 3.05) is 5.32 Å². The number of nitrogens with zero attached hydrogens (tertiary/aromatic N) is 1. The maximum Gasteiger partial charge on any atom is 0.343 e. The zero-order valence-electron chi connectivity index (χ0n) is 18.3. The van der Waals surface area contributed by atoms with Crippen LogP contribution in [-0.2, 0) is 9.59 Å². The highest BCUT2D eigenvalue weighted by atomic mass is 35.5. The Labute approximate surface area is 196 Å². The predicted octanol–water partition coefficient (Wildman–Crippen LogP) is 4.65. The minimum atomic E-state index is -0.884. The number of carbonyl (C=O) groups is 3. The second-order valence-corrected chi connectivity index (χ2v) is 7.72. The SMILES string of the molecule is C/C(=N\NC(=O)C(=O)Nc1c(C)cccc1C)c1ccc(OC(=O)c2ccc(Cl)cc2)cc1. The first kappa shape index (κ1) is 23.7. The molecule has 0 aliphatic rings. The van der Waals surface area contributed by atoms with Crippen LogP contribution in [0.25, 0.3) is 0 Å². The van der Waals surface area contributed by atoms with Crippen molar-refractivity contribution in [2.45, 2.75) is 20.8 Å². The number of ether oxygens (including phenoxy) is 1. The number of esters is 1. The number of aryl methyl sites for hydroxylation is 2. The summed E-state index contributed by atoms with van der Waals surface area (Å²) in [4.78, 5) is 36.5. The zero-order chi connectivity index (χ0) is 24.0. The summed E-state index contributed by atoms with van der Waals surface area (Å²) in [6, 6.07) is 18.5. The van der Waals surface area contributed by atoms with Crippen molar-refractivity contribution < 1.29 is 19.1 Å². The minimum Gasteiger partial charge on any atom is -0.423 e. The van der Waals surface area contributed by atoms with Crippen LogP contribution >= 0.6 is 11.6 Å². The summed E-state index contributed by atoms with van der Waals surface area (Å²) in [6.07, 6.45) is 0. The molecule has 168 valence electrons. The van der Waals surface area contributed by atoms with Gasteiger partial charge in [0.05, 0.1) is 11.3 Å². The number of hydrogen-bond acceptors (Lipinski definition) is 5. The summed E-state index contributed by atoms with van der Waals surface area (Å²) in [5.74, 6) is -1.85. The van der Waals surface area contributed by atoms with Crippen molar-refractivity contribution in [2.24, 2.45) is 5.10 Å². The van der Waals surface area contributed by atoms with Gasteiger partial charge in [0, 0.05) is 10.7 Å². The van der Waals surface area contributed by atoms with Crippen LogP contribution in [0.3, 0.4) is 0 Å². The van der Waals surface area contributed by atoms with Crippen LogP contribution < -0.4 is 15.5 Å². The van der Waals surface area contributed by atoms with Crippen molar-refractivity contribution >= 4 is 40.8 Å². The third-order valence-electron chi connectivity index (χ3n) is 4.81. The Morgan fingerprint density at radius 3 is 2.00 bits per heavy atom. The van der Waals surface area contributed by atoms with Crippen LogP contribution in [0, 0.1) is 13.8 Å². The molecular formula is C25H22ClN3O4. The minimum absolute atomic E-state index is 0.350. The number of halogens is 1. The molecule has 0 aliphatic heterocycles. The second-order valence-electron chi connectivity index (χ2n) is 7.28. The van der Waals surface area contributed by atoms with Crippen LogP contribution in [0.15, 0.2) is 71.8 Å². The highest BCUT2D eigenvalue weighted by Crippen LogP contribution is 2.19. The molecule has 0 heterocycles. The molecule has 2 amide bonds. The molecule has 0 saturated carbocycles. The molecule has 0 aromatic heterocycles. The van der Waals surface area contributed by atoms with Gasteiger partial charge >= 0.3 is 17.8 Å². The quantitative estimate of drug-likeness (QED) is 0.189. The lowest BCUT2D eigenvalue weighted by molar-refractivity contribution is -0.136. The summed E-state index contributed by atoms with van der Waals surface area (Å²) < 4.78 is 5.34. The number of hydrazone groups is 1. The Hall–Kier alpha value is -3.97. The Morgan fingerprint density at radius 1 is 0.818 bits per heavy atom. The molecule has 3 rings (SSSR count). The first-order valence-electron chi connectivity index (χ1n) is 10.0. The number of rotatable bonds is 5. The van der Waals surface area contributed by atoms with E-state index >= 15 is 0 Å². The number of benzene rings is 3. The molecular weight excluding hydrogens is 442 g/mol. The summed E-state index contributed by atoms with van der Waals surface area (Å²) in [5, 5.41) is 7.12. The van der Waals surface area contributed by atoms with Crippen molar-refractivity contribution in [3.8, 4) is 5.75 Å². The molecule has 0 radical (unpaired) electrons. The molecule has 33 heavy (non-hydrogen) atoms. The van der Waals surface area contributed by atoms with Gasteiger partial charge in [0.25, 0.3) is 0 Å². The predicted molar refractivity (Wildman–Crippen MR) is 128 cm³/mol. The number of amides is 2. The lowest BCUT2D eigenvalue weighted by Gasteiger charge is -2.10. The summed E-state index contributed by atoms with van der Waals surface area (Å²) in [6.45, 7) is 5.37. The van der Waals surface area contributed by atoms with Gasteiger partial charge in [-0.25, -0.2) is 10.2 Å². The van der Waals surface area contributed by atoms with Crippen LogP contribution in [0.2, 0.25) is 5.02 Å². The van der Waals surface area contributed by atoms with Crippen molar-refractivity contribution in [3.63, 3.8) is 0 Å².